The van der Waals surface area contributed by atoms with Gasteiger partial charge >= 0.3 is 0 Å². The predicted molar refractivity (Wildman–Crippen MR) is 62.2 cm³/mol. The van der Waals surface area contributed by atoms with Crippen molar-refractivity contribution in [2.24, 2.45) is 5.73 Å². The molecular formula is C12H18N2O. The molecule has 82 valence electrons. The molecule has 1 aliphatic rings. The van der Waals surface area contributed by atoms with Gasteiger partial charge in [0.15, 0.2) is 0 Å². The maximum absolute atomic E-state index is 5.75. The van der Waals surface area contributed by atoms with Crippen LogP contribution in [0.25, 0.3) is 0 Å². The highest BCUT2D eigenvalue weighted by molar-refractivity contribution is 5.57. The second-order valence-electron chi connectivity index (χ2n) is 4.00. The average Bonchev–Trinajstić information content (AvgIpc) is 2.19. The minimum Gasteiger partial charge on any atom is -0.492 e. The summed E-state index contributed by atoms with van der Waals surface area (Å²) in [4.78, 5) is 0. The highest BCUT2D eigenvalue weighted by atomic mass is 16.5. The van der Waals surface area contributed by atoms with Gasteiger partial charge in [-0.2, -0.15) is 0 Å². The minimum absolute atomic E-state index is 0.377. The van der Waals surface area contributed by atoms with Crippen LogP contribution >= 0.6 is 0 Å². The van der Waals surface area contributed by atoms with E-state index in [1.165, 1.54) is 0 Å². The Balaban J connectivity index is 2.00. The van der Waals surface area contributed by atoms with E-state index in [-0.39, 0.29) is 0 Å². The van der Waals surface area contributed by atoms with Crippen molar-refractivity contribution >= 4 is 5.69 Å². The normalized spacial score (nSPS) is 24.4. The van der Waals surface area contributed by atoms with Gasteiger partial charge in [-0.15, -0.1) is 0 Å². The van der Waals surface area contributed by atoms with Crippen molar-refractivity contribution in [1.82, 2.24) is 0 Å². The molecule has 0 aromatic heterocycles. The number of hydrogen-bond donors (Lipinski definition) is 2. The van der Waals surface area contributed by atoms with Gasteiger partial charge in [0.1, 0.15) is 5.75 Å². The first-order chi connectivity index (χ1) is 7.29. The van der Waals surface area contributed by atoms with Crippen molar-refractivity contribution in [3.63, 3.8) is 0 Å². The summed E-state index contributed by atoms with van der Waals surface area (Å²) in [5.41, 5.74) is 6.83. The van der Waals surface area contributed by atoms with Gasteiger partial charge in [0.2, 0.25) is 0 Å². The lowest BCUT2D eigenvalue weighted by molar-refractivity contribution is 0.337. The number of hydrogen-bond acceptors (Lipinski definition) is 3. The summed E-state index contributed by atoms with van der Waals surface area (Å²) in [6.45, 7) is 2.69. The fraction of sp³-hybridized carbons (Fsp3) is 0.500. The molecule has 1 aliphatic carbocycles. The Hall–Kier alpha value is -1.22. The van der Waals surface area contributed by atoms with Gasteiger partial charge in [0, 0.05) is 12.1 Å². The van der Waals surface area contributed by atoms with Crippen LogP contribution < -0.4 is 15.8 Å². The number of anilines is 1. The molecule has 0 saturated heterocycles. The summed E-state index contributed by atoms with van der Waals surface area (Å²) in [5.74, 6) is 0.931. The summed E-state index contributed by atoms with van der Waals surface area (Å²) in [6, 6.07) is 8.94. The third-order valence-electron chi connectivity index (χ3n) is 2.72. The van der Waals surface area contributed by atoms with Crippen LogP contribution in [0.3, 0.4) is 0 Å². The van der Waals surface area contributed by atoms with E-state index >= 15 is 0 Å². The molecule has 15 heavy (non-hydrogen) atoms. The molecule has 1 aromatic rings. The monoisotopic (exact) mass is 206 g/mol. The summed E-state index contributed by atoms with van der Waals surface area (Å²) < 4.78 is 5.54. The second-order valence-corrected chi connectivity index (χ2v) is 4.00. The van der Waals surface area contributed by atoms with E-state index in [0.29, 0.717) is 18.7 Å². The Morgan fingerprint density at radius 1 is 1.40 bits per heavy atom. The van der Waals surface area contributed by atoms with Crippen molar-refractivity contribution in [1.29, 1.82) is 0 Å². The van der Waals surface area contributed by atoms with Crippen LogP contribution in [0, 0.1) is 0 Å². The van der Waals surface area contributed by atoms with Crippen molar-refractivity contribution in [2.45, 2.75) is 31.8 Å². The zero-order valence-corrected chi connectivity index (χ0v) is 9.07. The fourth-order valence-electron chi connectivity index (χ4n) is 1.87. The molecule has 3 heteroatoms. The minimum atomic E-state index is 0.377. The summed E-state index contributed by atoms with van der Waals surface area (Å²) >= 11 is 0. The molecule has 1 fully saturated rings. The molecule has 1 saturated carbocycles. The Morgan fingerprint density at radius 2 is 2.13 bits per heavy atom. The van der Waals surface area contributed by atoms with Gasteiger partial charge in [0.25, 0.3) is 0 Å². The van der Waals surface area contributed by atoms with Gasteiger partial charge in [-0.1, -0.05) is 12.1 Å². The first-order valence-electron chi connectivity index (χ1n) is 5.53. The quantitative estimate of drug-likeness (QED) is 0.792. The van der Waals surface area contributed by atoms with E-state index in [1.807, 2.05) is 25.1 Å². The second kappa shape index (κ2) is 4.53. The molecule has 3 N–H and O–H groups in total. The zero-order valence-electron chi connectivity index (χ0n) is 9.07. The molecule has 0 spiro atoms. The van der Waals surface area contributed by atoms with Gasteiger partial charge in [-0.3, -0.25) is 0 Å². The molecule has 3 nitrogen and oxygen atoms in total. The molecule has 0 heterocycles. The number of nitrogens with two attached hydrogens (primary N) is 1. The highest BCUT2D eigenvalue weighted by Crippen LogP contribution is 2.29. The average molecular weight is 206 g/mol. The zero-order chi connectivity index (χ0) is 10.7. The Labute approximate surface area is 90.6 Å². The van der Waals surface area contributed by atoms with E-state index in [1.54, 1.807) is 0 Å². The Kier molecular flexibility index (Phi) is 3.11. The van der Waals surface area contributed by atoms with E-state index < -0.39 is 0 Å². The van der Waals surface area contributed by atoms with Crippen LogP contribution in [0.1, 0.15) is 19.8 Å². The summed E-state index contributed by atoms with van der Waals surface area (Å²) in [7, 11) is 0. The van der Waals surface area contributed by atoms with Gasteiger partial charge < -0.3 is 15.8 Å². The summed E-state index contributed by atoms with van der Waals surface area (Å²) in [5, 5.41) is 3.46. The Morgan fingerprint density at radius 3 is 2.80 bits per heavy atom. The van der Waals surface area contributed by atoms with Crippen molar-refractivity contribution in [3.8, 4) is 5.75 Å². The number of benzene rings is 1. The highest BCUT2D eigenvalue weighted by Gasteiger charge is 2.26. The molecular weight excluding hydrogens is 188 g/mol. The van der Waals surface area contributed by atoms with Crippen molar-refractivity contribution in [2.75, 3.05) is 11.9 Å². The van der Waals surface area contributed by atoms with E-state index in [4.69, 9.17) is 10.5 Å². The van der Waals surface area contributed by atoms with Crippen LogP contribution in [-0.4, -0.2) is 18.7 Å². The van der Waals surface area contributed by atoms with E-state index in [2.05, 4.69) is 11.4 Å². The number of para-hydroxylation sites is 2. The smallest absolute Gasteiger partial charge is 0.142 e. The van der Waals surface area contributed by atoms with Crippen molar-refractivity contribution < 1.29 is 4.74 Å². The van der Waals surface area contributed by atoms with Gasteiger partial charge in [0.05, 0.1) is 12.3 Å². The van der Waals surface area contributed by atoms with Crippen LogP contribution in [0.4, 0.5) is 5.69 Å². The predicted octanol–water partition coefficient (Wildman–Crippen LogP) is 1.99. The standard InChI is InChI=1S/C12H18N2O/c1-2-15-12-6-4-3-5-11(12)14-10-7-9(13)8-10/h3-6,9-10,14H,2,7-8,13H2,1H3. The first-order valence-corrected chi connectivity index (χ1v) is 5.53. The van der Waals surface area contributed by atoms with Crippen LogP contribution in [0.5, 0.6) is 5.75 Å². The Bertz CT molecular complexity index is 321. The maximum Gasteiger partial charge on any atom is 0.142 e. The van der Waals surface area contributed by atoms with E-state index in [9.17, 15) is 0 Å². The maximum atomic E-state index is 5.75. The van der Waals surface area contributed by atoms with Gasteiger partial charge in [-0.25, -0.2) is 0 Å². The molecule has 1 aromatic carbocycles. The molecule has 0 aliphatic heterocycles. The lowest BCUT2D eigenvalue weighted by Crippen LogP contribution is -2.44. The summed E-state index contributed by atoms with van der Waals surface area (Å²) in [6.07, 6.45) is 2.11. The topological polar surface area (TPSA) is 47.3 Å². The third-order valence-corrected chi connectivity index (χ3v) is 2.72. The SMILES string of the molecule is CCOc1ccccc1NC1CC(N)C1. The largest absolute Gasteiger partial charge is 0.492 e. The molecule has 0 radical (unpaired) electrons. The lowest BCUT2D eigenvalue weighted by Gasteiger charge is -2.34. The molecule has 2 rings (SSSR count). The lowest BCUT2D eigenvalue weighted by atomic mass is 9.87. The molecule has 0 bridgehead atoms. The van der Waals surface area contributed by atoms with E-state index in [0.717, 1.165) is 24.3 Å². The fourth-order valence-corrected chi connectivity index (χ4v) is 1.87. The van der Waals surface area contributed by atoms with Gasteiger partial charge in [-0.05, 0) is 31.9 Å². The number of nitrogens with one attached hydrogen (secondary N) is 1. The van der Waals surface area contributed by atoms with Crippen molar-refractivity contribution in [3.05, 3.63) is 24.3 Å². The number of rotatable bonds is 4. The van der Waals surface area contributed by atoms with Crippen LogP contribution in [0.15, 0.2) is 24.3 Å². The molecule has 0 atom stereocenters. The van der Waals surface area contributed by atoms with Crippen LogP contribution in [0.2, 0.25) is 0 Å². The van der Waals surface area contributed by atoms with Crippen LogP contribution in [-0.2, 0) is 0 Å². The molecule has 0 unspecified atom stereocenters. The third kappa shape index (κ3) is 2.42. The molecule has 0 amide bonds. The first kappa shape index (κ1) is 10.3. The number of ether oxygens (including phenoxy) is 1.